The molecule has 1 rings (SSSR count). The third-order valence-corrected chi connectivity index (χ3v) is 1.66. The Morgan fingerprint density at radius 3 is 2.50 bits per heavy atom. The lowest BCUT2D eigenvalue weighted by Crippen LogP contribution is -2.11. The van der Waals surface area contributed by atoms with Gasteiger partial charge < -0.3 is 0 Å². The van der Waals surface area contributed by atoms with E-state index in [-0.39, 0.29) is 11.3 Å². The van der Waals surface area contributed by atoms with Gasteiger partial charge in [0.2, 0.25) is 5.78 Å². The van der Waals surface area contributed by atoms with Gasteiger partial charge in [0.25, 0.3) is 0 Å². The molecule has 0 aromatic heterocycles. The number of carbonyl (C=O) groups is 2. The number of nitroso groups, excluding NO2 is 1. The van der Waals surface area contributed by atoms with E-state index < -0.39 is 11.6 Å². The number of rotatable bonds is 4. The first-order chi connectivity index (χ1) is 6.66. The van der Waals surface area contributed by atoms with Crippen LogP contribution in [-0.4, -0.2) is 11.6 Å². The molecule has 14 heavy (non-hydrogen) atoms. The fourth-order valence-corrected chi connectivity index (χ4v) is 1.02. The largest absolute Gasteiger partial charge is 0.291 e. The summed E-state index contributed by atoms with van der Waals surface area (Å²) in [5.41, 5.74) is 2.50. The topological polar surface area (TPSA) is 75.6 Å². The molecule has 0 atom stereocenters. The summed E-state index contributed by atoms with van der Waals surface area (Å²) in [6.07, 6.45) is 0. The van der Waals surface area contributed by atoms with Crippen molar-refractivity contribution in [3.05, 3.63) is 34.7 Å². The number of hydrogen-bond acceptors (Lipinski definition) is 4. The second-order valence-electron chi connectivity index (χ2n) is 2.63. The number of Topliss-reactive ketones (excluding diaryl/α,β-unsaturated/α-hetero) is 2. The van der Waals surface area contributed by atoms with E-state index in [0.29, 0.717) is 0 Å². The number of carbonyl (C=O) groups excluding carboxylic acids is 2. The minimum absolute atomic E-state index is 0.152. The van der Waals surface area contributed by atoms with Gasteiger partial charge >= 0.3 is 0 Å². The van der Waals surface area contributed by atoms with Crippen molar-refractivity contribution < 1.29 is 9.59 Å². The van der Waals surface area contributed by atoms with E-state index >= 15 is 0 Å². The van der Waals surface area contributed by atoms with Crippen molar-refractivity contribution in [3.63, 3.8) is 0 Å². The van der Waals surface area contributed by atoms with Gasteiger partial charge in [-0.25, -0.2) is 5.43 Å². The number of benzene rings is 1. The van der Waals surface area contributed by atoms with E-state index in [4.69, 9.17) is 0 Å². The molecule has 0 fully saturated rings. The van der Waals surface area contributed by atoms with Gasteiger partial charge in [0.1, 0.15) is 0 Å². The summed E-state index contributed by atoms with van der Waals surface area (Å²) >= 11 is 0. The number of ketones is 2. The molecular weight excluding hydrogens is 184 g/mol. The van der Waals surface area contributed by atoms with Crippen LogP contribution in [0, 0.1) is 4.91 Å². The monoisotopic (exact) mass is 192 g/mol. The predicted octanol–water partition coefficient (Wildman–Crippen LogP) is 1.55. The Kier molecular flexibility index (Phi) is 3.06. The normalized spacial score (nSPS) is 9.21. The van der Waals surface area contributed by atoms with Crippen LogP contribution in [0.5, 0.6) is 0 Å². The minimum atomic E-state index is -0.642. The van der Waals surface area contributed by atoms with Gasteiger partial charge in [-0.1, -0.05) is 12.1 Å². The Balaban J connectivity index is 3.12. The van der Waals surface area contributed by atoms with Gasteiger partial charge in [-0.2, -0.15) is 0 Å². The molecule has 0 bridgehead atoms. The molecule has 5 nitrogen and oxygen atoms in total. The van der Waals surface area contributed by atoms with Crippen LogP contribution in [0.4, 0.5) is 5.69 Å². The van der Waals surface area contributed by atoms with Gasteiger partial charge in [0.05, 0.1) is 16.5 Å². The van der Waals surface area contributed by atoms with Crippen molar-refractivity contribution in [1.29, 1.82) is 0 Å². The first kappa shape index (κ1) is 10.0. The number of anilines is 1. The van der Waals surface area contributed by atoms with Crippen LogP contribution in [0.2, 0.25) is 0 Å². The van der Waals surface area contributed by atoms with Crippen LogP contribution in [0.15, 0.2) is 29.6 Å². The summed E-state index contributed by atoms with van der Waals surface area (Å²) < 4.78 is 0. The van der Waals surface area contributed by atoms with Crippen LogP contribution in [0.1, 0.15) is 17.3 Å². The molecule has 5 heteroatoms. The fourth-order valence-electron chi connectivity index (χ4n) is 1.02. The highest BCUT2D eigenvalue weighted by Crippen LogP contribution is 2.15. The maximum Gasteiger partial charge on any atom is 0.230 e. The summed E-state index contributed by atoms with van der Waals surface area (Å²) in [5, 5.41) is 2.44. The van der Waals surface area contributed by atoms with Gasteiger partial charge in [0, 0.05) is 6.92 Å². The van der Waals surface area contributed by atoms with Crippen LogP contribution >= 0.6 is 0 Å². The van der Waals surface area contributed by atoms with Crippen molar-refractivity contribution in [3.8, 4) is 0 Å². The van der Waals surface area contributed by atoms with Crippen molar-refractivity contribution in [2.45, 2.75) is 6.92 Å². The number of nitrogens with zero attached hydrogens (tertiary/aromatic N) is 1. The Bertz CT molecular complexity index is 387. The molecule has 0 saturated heterocycles. The summed E-state index contributed by atoms with van der Waals surface area (Å²) in [7, 11) is 0. The second kappa shape index (κ2) is 4.27. The molecule has 1 aromatic carbocycles. The van der Waals surface area contributed by atoms with Crippen LogP contribution < -0.4 is 5.43 Å². The van der Waals surface area contributed by atoms with Gasteiger partial charge in [-0.3, -0.25) is 9.59 Å². The molecule has 1 N–H and O–H groups in total. The molecule has 72 valence electrons. The average Bonchev–Trinajstić information content (AvgIpc) is 2.18. The number of nitrogens with one attached hydrogen (secondary N) is 1. The van der Waals surface area contributed by atoms with E-state index in [1.165, 1.54) is 19.1 Å². The molecule has 0 aliphatic carbocycles. The SMILES string of the molecule is CC(=O)C(=O)c1ccccc1NN=O. The second-order valence-corrected chi connectivity index (χ2v) is 2.63. The minimum Gasteiger partial charge on any atom is -0.291 e. The maximum absolute atomic E-state index is 11.3. The zero-order chi connectivity index (χ0) is 10.6. The van der Waals surface area contributed by atoms with E-state index in [0.717, 1.165) is 0 Å². The first-order valence-electron chi connectivity index (χ1n) is 3.89. The smallest absolute Gasteiger partial charge is 0.230 e. The third-order valence-electron chi connectivity index (χ3n) is 1.66. The molecule has 0 aliphatic rings. The van der Waals surface area contributed by atoms with Crippen LogP contribution in [0.3, 0.4) is 0 Å². The summed E-state index contributed by atoms with van der Waals surface area (Å²) in [6.45, 7) is 1.17. The van der Waals surface area contributed by atoms with E-state index in [9.17, 15) is 14.5 Å². The summed E-state index contributed by atoms with van der Waals surface area (Å²) in [6, 6.07) is 6.19. The molecule has 0 saturated carbocycles. The lowest BCUT2D eigenvalue weighted by atomic mass is 10.1. The molecule has 0 heterocycles. The van der Waals surface area contributed by atoms with E-state index in [1.54, 1.807) is 12.1 Å². The van der Waals surface area contributed by atoms with Gasteiger partial charge in [0.15, 0.2) is 5.78 Å². The highest BCUT2D eigenvalue weighted by molar-refractivity contribution is 6.44. The van der Waals surface area contributed by atoms with Crippen molar-refractivity contribution in [2.24, 2.45) is 5.29 Å². The van der Waals surface area contributed by atoms with Crippen molar-refractivity contribution >= 4 is 17.3 Å². The number of para-hydroxylation sites is 1. The highest BCUT2D eigenvalue weighted by Gasteiger charge is 2.14. The van der Waals surface area contributed by atoms with Crippen LogP contribution in [-0.2, 0) is 4.79 Å². The summed E-state index contributed by atoms with van der Waals surface area (Å²) in [5.74, 6) is -1.22. The number of hydrogen-bond donors (Lipinski definition) is 1. The zero-order valence-electron chi connectivity index (χ0n) is 7.48. The standard InChI is InChI=1S/C9H8N2O3/c1-6(12)9(13)7-4-2-3-5-8(7)10-11-14/h2-5H,1H3,(H,10,14). The highest BCUT2D eigenvalue weighted by atomic mass is 16.3. The quantitative estimate of drug-likeness (QED) is 0.340. The lowest BCUT2D eigenvalue weighted by molar-refractivity contribution is -0.113. The summed E-state index contributed by atoms with van der Waals surface area (Å²) in [4.78, 5) is 32.1. The maximum atomic E-state index is 11.3. The Hall–Kier alpha value is -2.04. The fraction of sp³-hybridized carbons (Fsp3) is 0.111. The third kappa shape index (κ3) is 2.01. The Morgan fingerprint density at radius 2 is 1.93 bits per heavy atom. The molecular formula is C9H8N2O3. The molecule has 0 radical (unpaired) electrons. The van der Waals surface area contributed by atoms with E-state index in [2.05, 4.69) is 10.7 Å². The van der Waals surface area contributed by atoms with Gasteiger partial charge in [-0.15, -0.1) is 4.91 Å². The molecule has 0 aliphatic heterocycles. The molecule has 1 aromatic rings. The van der Waals surface area contributed by atoms with Crippen molar-refractivity contribution in [1.82, 2.24) is 0 Å². The molecule has 0 unspecified atom stereocenters. The zero-order valence-corrected chi connectivity index (χ0v) is 7.48. The van der Waals surface area contributed by atoms with Crippen molar-refractivity contribution in [2.75, 3.05) is 5.43 Å². The average molecular weight is 192 g/mol. The first-order valence-corrected chi connectivity index (χ1v) is 3.89. The molecule has 0 spiro atoms. The lowest BCUT2D eigenvalue weighted by Gasteiger charge is -2.03. The van der Waals surface area contributed by atoms with E-state index in [1.807, 2.05) is 0 Å². The molecule has 0 amide bonds. The predicted molar refractivity (Wildman–Crippen MR) is 50.9 cm³/mol. The Morgan fingerprint density at radius 1 is 1.29 bits per heavy atom. The van der Waals surface area contributed by atoms with Gasteiger partial charge in [-0.05, 0) is 12.1 Å². The van der Waals surface area contributed by atoms with Crippen LogP contribution in [0.25, 0.3) is 0 Å². The Labute approximate surface area is 80.1 Å².